The van der Waals surface area contributed by atoms with Gasteiger partial charge < -0.3 is 4.57 Å². The van der Waals surface area contributed by atoms with E-state index in [0.29, 0.717) is 0 Å². The molecule has 8 aromatic carbocycles. The SMILES string of the molecule is c1ccc(-c2ccc3c4ccc(-c5ccccc5)cc4n(-c4ccc(-c5ccc(-c6nc(-c7ccccc7)c7ccccc7n6)cc5)cc4)c3c2)cc1. The third kappa shape index (κ3) is 5.56. The first kappa shape index (κ1) is 30.7. The van der Waals surface area contributed by atoms with E-state index >= 15 is 0 Å². The molecule has 0 fully saturated rings. The number of hydrogen-bond acceptors (Lipinski definition) is 2. The Labute approximate surface area is 308 Å². The van der Waals surface area contributed by atoms with Gasteiger partial charge in [0.15, 0.2) is 5.82 Å². The summed E-state index contributed by atoms with van der Waals surface area (Å²) in [6, 6.07) is 71.1. The fourth-order valence-electron chi connectivity index (χ4n) is 7.55. The zero-order chi connectivity index (χ0) is 35.1. The number of rotatable bonds is 6. The topological polar surface area (TPSA) is 30.7 Å². The number of nitrogens with zero attached hydrogens (tertiary/aromatic N) is 3. The average molecular weight is 676 g/mol. The Bertz CT molecular complexity index is 2800. The minimum atomic E-state index is 0.723. The van der Waals surface area contributed by atoms with Crippen LogP contribution < -0.4 is 0 Å². The molecule has 10 aromatic rings. The summed E-state index contributed by atoms with van der Waals surface area (Å²) < 4.78 is 2.41. The first-order valence-electron chi connectivity index (χ1n) is 18.0. The van der Waals surface area contributed by atoms with Crippen LogP contribution in [-0.4, -0.2) is 14.5 Å². The summed E-state index contributed by atoms with van der Waals surface area (Å²) in [5.41, 5.74) is 14.6. The molecule has 3 nitrogen and oxygen atoms in total. The number of benzene rings is 8. The summed E-state index contributed by atoms with van der Waals surface area (Å²) in [4.78, 5) is 10.0. The van der Waals surface area contributed by atoms with E-state index in [1.165, 1.54) is 44.1 Å². The molecular formula is C50H33N3. The van der Waals surface area contributed by atoms with Crippen LogP contribution in [0.15, 0.2) is 200 Å². The largest absolute Gasteiger partial charge is 0.309 e. The lowest BCUT2D eigenvalue weighted by molar-refractivity contribution is 1.18. The molecule has 10 rings (SSSR count). The van der Waals surface area contributed by atoms with Crippen molar-refractivity contribution in [2.75, 3.05) is 0 Å². The number of fused-ring (bicyclic) bond motifs is 4. The van der Waals surface area contributed by atoms with Crippen LogP contribution in [0.2, 0.25) is 0 Å². The predicted molar refractivity (Wildman–Crippen MR) is 221 cm³/mol. The number of para-hydroxylation sites is 1. The minimum Gasteiger partial charge on any atom is -0.309 e. The van der Waals surface area contributed by atoms with Crippen LogP contribution in [-0.2, 0) is 0 Å². The zero-order valence-electron chi connectivity index (χ0n) is 28.9. The van der Waals surface area contributed by atoms with Gasteiger partial charge in [0.05, 0.1) is 22.2 Å². The molecule has 0 aliphatic heterocycles. The van der Waals surface area contributed by atoms with E-state index in [1.807, 2.05) is 18.2 Å². The van der Waals surface area contributed by atoms with Gasteiger partial charge in [-0.25, -0.2) is 9.97 Å². The van der Waals surface area contributed by atoms with Gasteiger partial charge in [-0.3, -0.25) is 0 Å². The number of hydrogen-bond donors (Lipinski definition) is 0. The zero-order valence-corrected chi connectivity index (χ0v) is 28.9. The Morgan fingerprint density at radius 2 is 0.736 bits per heavy atom. The molecule has 53 heavy (non-hydrogen) atoms. The van der Waals surface area contributed by atoms with Crippen molar-refractivity contribution in [3.63, 3.8) is 0 Å². The number of aromatic nitrogens is 3. The summed E-state index contributed by atoms with van der Waals surface area (Å²) in [5, 5.41) is 3.53. The van der Waals surface area contributed by atoms with Gasteiger partial charge in [-0.15, -0.1) is 0 Å². The van der Waals surface area contributed by atoms with E-state index in [-0.39, 0.29) is 0 Å². The van der Waals surface area contributed by atoms with Crippen LogP contribution in [0.4, 0.5) is 0 Å². The smallest absolute Gasteiger partial charge is 0.160 e. The molecule has 248 valence electrons. The molecule has 0 saturated carbocycles. The van der Waals surface area contributed by atoms with Gasteiger partial charge in [-0.1, -0.05) is 170 Å². The standard InChI is InChI=1S/C50H33N3/c1-4-12-34(13-5-1)40-26-30-43-44-31-27-41(35-14-6-2-7-15-35)33-48(44)53(47(43)32-40)42-28-24-37(25-29-42)36-20-22-39(23-21-36)50-51-46-19-11-10-18-45(46)49(52-50)38-16-8-3-9-17-38/h1-33H. The Kier molecular flexibility index (Phi) is 7.47. The highest BCUT2D eigenvalue weighted by Gasteiger charge is 2.16. The van der Waals surface area contributed by atoms with Gasteiger partial charge in [0.2, 0.25) is 0 Å². The molecule has 3 heteroatoms. The van der Waals surface area contributed by atoms with Gasteiger partial charge in [-0.05, 0) is 63.7 Å². The Morgan fingerprint density at radius 3 is 1.30 bits per heavy atom. The molecule has 2 heterocycles. The maximum atomic E-state index is 5.07. The molecule has 0 N–H and O–H groups in total. The Balaban J connectivity index is 1.04. The van der Waals surface area contributed by atoms with Gasteiger partial charge in [0.1, 0.15) is 0 Å². The molecule has 0 aliphatic rings. The molecule has 0 unspecified atom stereocenters. The van der Waals surface area contributed by atoms with Crippen LogP contribution in [0.1, 0.15) is 0 Å². The van der Waals surface area contributed by atoms with E-state index in [4.69, 9.17) is 9.97 Å². The van der Waals surface area contributed by atoms with Crippen molar-refractivity contribution >= 4 is 32.7 Å². The molecule has 0 amide bonds. The fraction of sp³-hybridized carbons (Fsp3) is 0. The molecule has 0 spiro atoms. The van der Waals surface area contributed by atoms with Crippen molar-refractivity contribution in [2.24, 2.45) is 0 Å². The van der Waals surface area contributed by atoms with Gasteiger partial charge in [0, 0.05) is 33.0 Å². The second kappa shape index (κ2) is 12.9. The normalized spacial score (nSPS) is 11.4. The van der Waals surface area contributed by atoms with Crippen molar-refractivity contribution < 1.29 is 0 Å². The first-order valence-corrected chi connectivity index (χ1v) is 18.0. The van der Waals surface area contributed by atoms with Crippen LogP contribution in [0.3, 0.4) is 0 Å². The van der Waals surface area contributed by atoms with Crippen molar-refractivity contribution in [3.05, 3.63) is 200 Å². The third-order valence-electron chi connectivity index (χ3n) is 10.2. The summed E-state index contributed by atoms with van der Waals surface area (Å²) in [6.07, 6.45) is 0. The fourth-order valence-corrected chi connectivity index (χ4v) is 7.55. The van der Waals surface area contributed by atoms with Crippen molar-refractivity contribution in [3.8, 4) is 61.7 Å². The maximum absolute atomic E-state index is 5.07. The molecule has 0 saturated heterocycles. The summed E-state index contributed by atoms with van der Waals surface area (Å²) in [7, 11) is 0. The van der Waals surface area contributed by atoms with E-state index in [2.05, 4.69) is 187 Å². The van der Waals surface area contributed by atoms with Crippen LogP contribution in [0.5, 0.6) is 0 Å². The molecule has 0 aliphatic carbocycles. The Morgan fingerprint density at radius 1 is 0.302 bits per heavy atom. The summed E-state index contributed by atoms with van der Waals surface area (Å²) in [5.74, 6) is 0.723. The van der Waals surface area contributed by atoms with Crippen molar-refractivity contribution in [1.82, 2.24) is 14.5 Å². The van der Waals surface area contributed by atoms with E-state index in [9.17, 15) is 0 Å². The lowest BCUT2D eigenvalue weighted by atomic mass is 10.0. The molecule has 0 atom stereocenters. The highest BCUT2D eigenvalue weighted by atomic mass is 15.0. The maximum Gasteiger partial charge on any atom is 0.160 e. The third-order valence-corrected chi connectivity index (χ3v) is 10.2. The Hall–Kier alpha value is -7.10. The van der Waals surface area contributed by atoms with Gasteiger partial charge in [0.25, 0.3) is 0 Å². The van der Waals surface area contributed by atoms with Crippen molar-refractivity contribution in [1.29, 1.82) is 0 Å². The lowest BCUT2D eigenvalue weighted by Crippen LogP contribution is -1.95. The monoisotopic (exact) mass is 675 g/mol. The predicted octanol–water partition coefficient (Wildman–Crippen LogP) is 13.1. The second-order valence-corrected chi connectivity index (χ2v) is 13.4. The van der Waals surface area contributed by atoms with Crippen LogP contribution in [0, 0.1) is 0 Å². The molecule has 0 bridgehead atoms. The van der Waals surface area contributed by atoms with Crippen molar-refractivity contribution in [2.45, 2.75) is 0 Å². The van der Waals surface area contributed by atoms with E-state index in [1.54, 1.807) is 0 Å². The summed E-state index contributed by atoms with van der Waals surface area (Å²) >= 11 is 0. The average Bonchev–Trinajstić information content (AvgIpc) is 3.57. The minimum absolute atomic E-state index is 0.723. The van der Waals surface area contributed by atoms with Crippen LogP contribution >= 0.6 is 0 Å². The van der Waals surface area contributed by atoms with E-state index < -0.39 is 0 Å². The molecule has 2 aromatic heterocycles. The van der Waals surface area contributed by atoms with Gasteiger partial charge in [-0.2, -0.15) is 0 Å². The first-order chi connectivity index (χ1) is 26.3. The quantitative estimate of drug-likeness (QED) is 0.176. The van der Waals surface area contributed by atoms with Crippen LogP contribution in [0.25, 0.3) is 94.4 Å². The second-order valence-electron chi connectivity index (χ2n) is 13.4. The van der Waals surface area contributed by atoms with E-state index in [0.717, 1.165) is 50.4 Å². The molecular weight excluding hydrogens is 643 g/mol. The molecule has 0 radical (unpaired) electrons. The summed E-state index contributed by atoms with van der Waals surface area (Å²) in [6.45, 7) is 0. The highest BCUT2D eigenvalue weighted by Crippen LogP contribution is 2.38. The highest BCUT2D eigenvalue weighted by molar-refractivity contribution is 6.11. The van der Waals surface area contributed by atoms with Gasteiger partial charge >= 0.3 is 0 Å². The lowest BCUT2D eigenvalue weighted by Gasteiger charge is -2.12.